The van der Waals surface area contributed by atoms with Crippen LogP contribution in [-0.2, 0) is 19.1 Å². The van der Waals surface area contributed by atoms with Crippen molar-refractivity contribution in [3.63, 3.8) is 0 Å². The van der Waals surface area contributed by atoms with E-state index in [4.69, 9.17) is 4.74 Å². The number of likely N-dealkylation sites (tertiary alicyclic amines) is 1. The summed E-state index contributed by atoms with van der Waals surface area (Å²) in [5.74, 6) is -2.16. The summed E-state index contributed by atoms with van der Waals surface area (Å²) < 4.78 is 4.87. The van der Waals surface area contributed by atoms with Crippen molar-refractivity contribution >= 4 is 45.5 Å². The number of rotatable bonds is 14. The van der Waals surface area contributed by atoms with Gasteiger partial charge in [-0.25, -0.2) is 0 Å². The highest BCUT2D eigenvalue weighted by atomic mass is 79.9. The van der Waals surface area contributed by atoms with E-state index in [1.807, 2.05) is 30.3 Å². The maximum Gasteiger partial charge on any atom is 0.310 e. The summed E-state index contributed by atoms with van der Waals surface area (Å²) in [5.41, 5.74) is 0.754. The summed E-state index contributed by atoms with van der Waals surface area (Å²) >= 11 is 5.37. The normalized spacial score (nSPS) is 29.7. The topological polar surface area (TPSA) is 87.1 Å². The molecule has 9 heteroatoms. The zero-order valence-electron chi connectivity index (χ0n) is 22.5. The summed E-state index contributed by atoms with van der Waals surface area (Å²) in [4.78, 5) is 45.7. The van der Waals surface area contributed by atoms with Gasteiger partial charge in [-0.1, -0.05) is 71.8 Å². The van der Waals surface area contributed by atoms with Crippen molar-refractivity contribution in [3.8, 4) is 0 Å². The van der Waals surface area contributed by atoms with Crippen LogP contribution in [0.15, 0.2) is 55.6 Å². The Morgan fingerprint density at radius 3 is 2.67 bits per heavy atom. The van der Waals surface area contributed by atoms with Crippen LogP contribution in [0.25, 0.3) is 0 Å². The first-order valence-electron chi connectivity index (χ1n) is 13.8. The van der Waals surface area contributed by atoms with Gasteiger partial charge in [0.25, 0.3) is 0 Å². The predicted molar refractivity (Wildman–Crippen MR) is 157 cm³/mol. The van der Waals surface area contributed by atoms with E-state index in [2.05, 4.69) is 36.0 Å². The Kier molecular flexibility index (Phi) is 9.99. The highest BCUT2D eigenvalue weighted by molar-refractivity contribution is 9.09. The number of hydrogen-bond donors (Lipinski definition) is 1. The Morgan fingerprint density at radius 1 is 1.28 bits per heavy atom. The van der Waals surface area contributed by atoms with Crippen molar-refractivity contribution in [2.45, 2.75) is 65.9 Å². The van der Waals surface area contributed by atoms with E-state index in [0.717, 1.165) is 24.8 Å². The Balaban J connectivity index is 1.77. The number of alkyl halides is 1. The fourth-order valence-electron chi connectivity index (χ4n) is 6.45. The van der Waals surface area contributed by atoms with Gasteiger partial charge in [-0.15, -0.1) is 24.9 Å². The van der Waals surface area contributed by atoms with Gasteiger partial charge in [0.05, 0.1) is 35.8 Å². The molecule has 0 saturated carbocycles. The quantitative estimate of drug-likeness (QED) is 0.143. The third kappa shape index (κ3) is 5.46. The smallest absolute Gasteiger partial charge is 0.310 e. The van der Waals surface area contributed by atoms with Gasteiger partial charge in [0.1, 0.15) is 6.04 Å². The van der Waals surface area contributed by atoms with Gasteiger partial charge in [-0.05, 0) is 31.2 Å². The van der Waals surface area contributed by atoms with Crippen molar-refractivity contribution in [2.24, 2.45) is 11.8 Å². The highest BCUT2D eigenvalue weighted by Crippen LogP contribution is 2.68. The third-order valence-electron chi connectivity index (χ3n) is 8.17. The molecule has 3 aliphatic rings. The summed E-state index contributed by atoms with van der Waals surface area (Å²) in [6, 6.07) is 7.80. The monoisotopic (exact) mass is 618 g/mol. The molecule has 3 heterocycles. The number of halogens is 1. The number of fused-ring (bicyclic) bond motifs is 1. The molecule has 7 nitrogen and oxygen atoms in total. The second-order valence-electron chi connectivity index (χ2n) is 10.5. The molecule has 3 saturated heterocycles. The first-order chi connectivity index (χ1) is 18.9. The zero-order valence-corrected chi connectivity index (χ0v) is 24.9. The highest BCUT2D eigenvalue weighted by Gasteiger charge is 2.76. The second kappa shape index (κ2) is 13.0. The van der Waals surface area contributed by atoms with Gasteiger partial charge in [0.2, 0.25) is 11.8 Å². The zero-order chi connectivity index (χ0) is 28.2. The fourth-order valence-corrected chi connectivity index (χ4v) is 10.0. The van der Waals surface area contributed by atoms with Crippen LogP contribution < -0.4 is 0 Å². The van der Waals surface area contributed by atoms with Crippen LogP contribution in [0.3, 0.4) is 0 Å². The number of benzene rings is 1. The van der Waals surface area contributed by atoms with E-state index in [1.54, 1.807) is 33.7 Å². The van der Waals surface area contributed by atoms with Crippen LogP contribution in [-0.4, -0.2) is 79.9 Å². The van der Waals surface area contributed by atoms with Crippen molar-refractivity contribution in [1.29, 1.82) is 0 Å². The molecule has 1 N–H and O–H groups in total. The third-order valence-corrected chi connectivity index (χ3v) is 11.4. The number of hydrogen-bond acceptors (Lipinski definition) is 6. The largest absolute Gasteiger partial charge is 0.465 e. The number of aliphatic hydroxyl groups is 1. The average Bonchev–Trinajstić information content (AvgIpc) is 3.53. The van der Waals surface area contributed by atoms with Gasteiger partial charge in [-0.2, -0.15) is 0 Å². The fraction of sp³-hybridized carbons (Fsp3) is 0.567. The molecule has 2 bridgehead atoms. The molecule has 4 rings (SSSR count). The number of unbranched alkanes of at least 4 members (excludes halogenated alkanes) is 2. The first kappa shape index (κ1) is 29.9. The maximum atomic E-state index is 14.4. The van der Waals surface area contributed by atoms with Gasteiger partial charge in [-0.3, -0.25) is 14.4 Å². The van der Waals surface area contributed by atoms with E-state index in [-0.39, 0.29) is 41.1 Å². The van der Waals surface area contributed by atoms with E-state index < -0.39 is 28.7 Å². The van der Waals surface area contributed by atoms with Crippen molar-refractivity contribution in [3.05, 3.63) is 61.2 Å². The van der Waals surface area contributed by atoms with Crippen LogP contribution in [0.1, 0.15) is 50.6 Å². The molecule has 39 heavy (non-hydrogen) atoms. The molecular formula is C30H39BrN2O5S. The van der Waals surface area contributed by atoms with Gasteiger partial charge >= 0.3 is 5.97 Å². The van der Waals surface area contributed by atoms with E-state index in [0.29, 0.717) is 25.9 Å². The van der Waals surface area contributed by atoms with Crippen LogP contribution in [0.5, 0.6) is 0 Å². The number of ether oxygens (including phenoxy) is 1. The number of thioether (sulfide) groups is 1. The number of carbonyl (C=O) groups is 3. The molecule has 3 unspecified atom stereocenters. The molecule has 212 valence electrons. The molecule has 0 radical (unpaired) electrons. The number of esters is 1. The lowest BCUT2D eigenvalue weighted by Gasteiger charge is -2.40. The molecule has 1 spiro atoms. The molecular weight excluding hydrogens is 580 g/mol. The minimum absolute atomic E-state index is 0.0414. The Labute approximate surface area is 244 Å². The predicted octanol–water partition coefficient (Wildman–Crippen LogP) is 4.51. The minimum atomic E-state index is -0.822. The average molecular weight is 620 g/mol. The molecule has 1 aromatic carbocycles. The SMILES string of the molecule is C=CCCCOC(=O)[C@H]1[C@H]2C(=O)N([C@H](CO)c3ccccc3)C(C(=O)N(CC=C)CCCC)C23CC(Br)[C@@H]1S3. The molecule has 3 fully saturated rings. The molecule has 1 aromatic rings. The number of aliphatic hydroxyl groups excluding tert-OH is 1. The van der Waals surface area contributed by atoms with E-state index in [1.165, 1.54) is 0 Å². The molecule has 3 aliphatic heterocycles. The summed E-state index contributed by atoms with van der Waals surface area (Å²) in [6.07, 6.45) is 7.23. The van der Waals surface area contributed by atoms with E-state index in [9.17, 15) is 19.5 Å². The van der Waals surface area contributed by atoms with Crippen molar-refractivity contribution < 1.29 is 24.2 Å². The minimum Gasteiger partial charge on any atom is -0.465 e. The standard InChI is InChI=1S/C30H39BrN2O5S/c1-4-7-12-17-38-29(37)23-24-27(35)33(22(19-34)20-13-10-9-11-14-20)26(30(24)18-21(31)25(23)39-30)28(36)32(15-6-3)16-8-5-2/h4,6,9-11,13-14,21-26,34H,1,3,5,7-8,12,15-19H2,2H3/t21?,22-,23+,24+,25+,26?,30?/m1/s1. The van der Waals surface area contributed by atoms with Crippen LogP contribution >= 0.6 is 27.7 Å². The van der Waals surface area contributed by atoms with Gasteiger partial charge in [0.15, 0.2) is 0 Å². The van der Waals surface area contributed by atoms with E-state index >= 15 is 0 Å². The lowest BCUT2D eigenvalue weighted by molar-refractivity contribution is -0.154. The van der Waals surface area contributed by atoms with Crippen LogP contribution in [0, 0.1) is 11.8 Å². The molecule has 0 aliphatic carbocycles. The molecule has 2 amide bonds. The number of allylic oxidation sites excluding steroid dienone is 1. The summed E-state index contributed by atoms with van der Waals surface area (Å²) in [6.45, 7) is 10.5. The number of nitrogens with zero attached hydrogens (tertiary/aromatic N) is 2. The van der Waals surface area contributed by atoms with Crippen molar-refractivity contribution in [1.82, 2.24) is 9.80 Å². The van der Waals surface area contributed by atoms with Gasteiger partial charge in [0, 0.05) is 23.2 Å². The van der Waals surface area contributed by atoms with Crippen molar-refractivity contribution in [2.75, 3.05) is 26.3 Å². The number of amides is 2. The molecule has 0 aromatic heterocycles. The lowest BCUT2D eigenvalue weighted by atomic mass is 9.71. The Bertz CT molecular complexity index is 1070. The molecule has 7 atom stereocenters. The van der Waals surface area contributed by atoms with Crippen LogP contribution in [0.4, 0.5) is 0 Å². The summed E-state index contributed by atoms with van der Waals surface area (Å²) in [5, 5.41) is 10.4. The Hall–Kier alpha value is -2.10. The Morgan fingerprint density at radius 2 is 2.03 bits per heavy atom. The van der Waals surface area contributed by atoms with Gasteiger partial charge < -0.3 is 19.6 Å². The summed E-state index contributed by atoms with van der Waals surface area (Å²) in [7, 11) is 0. The first-order valence-corrected chi connectivity index (χ1v) is 15.6. The second-order valence-corrected chi connectivity index (χ2v) is 13.3. The number of carbonyl (C=O) groups excluding carboxylic acids is 3. The lowest BCUT2D eigenvalue weighted by Crippen LogP contribution is -2.56. The van der Waals surface area contributed by atoms with Crippen LogP contribution in [0.2, 0.25) is 0 Å². The maximum absolute atomic E-state index is 14.4.